The molecule has 2 nitrogen and oxygen atoms in total. The molecule has 106 valence electrons. The summed E-state index contributed by atoms with van der Waals surface area (Å²) >= 11 is 2.07. The Labute approximate surface area is 124 Å². The SMILES string of the molecule is COc1ccc2cc(CNC3CCCSC3)ccc2c1. The van der Waals surface area contributed by atoms with Gasteiger partial charge in [0.2, 0.25) is 0 Å². The number of nitrogens with one attached hydrogen (secondary N) is 1. The number of methoxy groups -OCH3 is 1. The number of rotatable bonds is 4. The van der Waals surface area contributed by atoms with E-state index in [4.69, 9.17) is 4.74 Å². The third-order valence-corrected chi connectivity index (χ3v) is 5.08. The summed E-state index contributed by atoms with van der Waals surface area (Å²) < 4.78 is 5.26. The summed E-state index contributed by atoms with van der Waals surface area (Å²) in [6.07, 6.45) is 2.66. The first-order chi connectivity index (χ1) is 9.85. The lowest BCUT2D eigenvalue weighted by atomic mass is 10.1. The van der Waals surface area contributed by atoms with Gasteiger partial charge in [0.15, 0.2) is 0 Å². The van der Waals surface area contributed by atoms with Gasteiger partial charge in [-0.1, -0.05) is 18.2 Å². The van der Waals surface area contributed by atoms with E-state index in [1.54, 1.807) is 7.11 Å². The fraction of sp³-hybridized carbons (Fsp3) is 0.412. The first-order valence-corrected chi connectivity index (χ1v) is 8.38. The van der Waals surface area contributed by atoms with Crippen LogP contribution in [0.2, 0.25) is 0 Å². The molecule has 1 atom stereocenters. The molecule has 20 heavy (non-hydrogen) atoms. The van der Waals surface area contributed by atoms with E-state index in [1.165, 1.54) is 40.7 Å². The maximum absolute atomic E-state index is 5.26. The standard InChI is InChI=1S/C17H21NOS/c1-19-17-7-6-14-9-13(4-5-15(14)10-17)11-18-16-3-2-8-20-12-16/h4-7,9-10,16,18H,2-3,8,11-12H2,1H3. The zero-order valence-corrected chi connectivity index (χ0v) is 12.7. The van der Waals surface area contributed by atoms with Crippen molar-refractivity contribution >= 4 is 22.5 Å². The van der Waals surface area contributed by atoms with E-state index in [9.17, 15) is 0 Å². The summed E-state index contributed by atoms with van der Waals surface area (Å²) in [6, 6.07) is 13.6. The van der Waals surface area contributed by atoms with Crippen molar-refractivity contribution in [3.63, 3.8) is 0 Å². The number of hydrogen-bond donors (Lipinski definition) is 1. The first-order valence-electron chi connectivity index (χ1n) is 7.23. The number of hydrogen-bond acceptors (Lipinski definition) is 3. The predicted molar refractivity (Wildman–Crippen MR) is 87.7 cm³/mol. The van der Waals surface area contributed by atoms with Crippen molar-refractivity contribution in [3.05, 3.63) is 42.0 Å². The van der Waals surface area contributed by atoms with Crippen molar-refractivity contribution in [2.75, 3.05) is 18.6 Å². The van der Waals surface area contributed by atoms with Gasteiger partial charge in [-0.25, -0.2) is 0 Å². The lowest BCUT2D eigenvalue weighted by molar-refractivity contribution is 0.415. The molecule has 0 amide bonds. The first kappa shape index (κ1) is 13.8. The lowest BCUT2D eigenvalue weighted by Gasteiger charge is -2.22. The molecule has 1 heterocycles. The Hall–Kier alpha value is -1.19. The Morgan fingerprint density at radius 1 is 1.20 bits per heavy atom. The molecule has 0 aliphatic carbocycles. The Balaban J connectivity index is 1.69. The Morgan fingerprint density at radius 2 is 2.05 bits per heavy atom. The minimum atomic E-state index is 0.681. The Morgan fingerprint density at radius 3 is 2.85 bits per heavy atom. The summed E-state index contributed by atoms with van der Waals surface area (Å²) in [5.41, 5.74) is 1.36. The molecule has 1 N–H and O–H groups in total. The second kappa shape index (κ2) is 6.51. The molecule has 0 bridgehead atoms. The largest absolute Gasteiger partial charge is 0.497 e. The van der Waals surface area contributed by atoms with Crippen LogP contribution in [0, 0.1) is 0 Å². The van der Waals surface area contributed by atoms with Crippen LogP contribution < -0.4 is 10.1 Å². The van der Waals surface area contributed by atoms with Crippen LogP contribution in [0.1, 0.15) is 18.4 Å². The topological polar surface area (TPSA) is 21.3 Å². The minimum absolute atomic E-state index is 0.681. The molecule has 0 spiro atoms. The van der Waals surface area contributed by atoms with Crippen molar-refractivity contribution < 1.29 is 4.74 Å². The van der Waals surface area contributed by atoms with E-state index >= 15 is 0 Å². The highest BCUT2D eigenvalue weighted by Crippen LogP contribution is 2.22. The van der Waals surface area contributed by atoms with Crippen LogP contribution in [0.4, 0.5) is 0 Å². The third-order valence-electron chi connectivity index (χ3n) is 3.87. The summed E-state index contributed by atoms with van der Waals surface area (Å²) in [7, 11) is 1.71. The van der Waals surface area contributed by atoms with Crippen LogP contribution in [-0.2, 0) is 6.54 Å². The van der Waals surface area contributed by atoms with E-state index in [1.807, 2.05) is 6.07 Å². The molecule has 1 saturated heterocycles. The monoisotopic (exact) mass is 287 g/mol. The van der Waals surface area contributed by atoms with E-state index < -0.39 is 0 Å². The van der Waals surface area contributed by atoms with Gasteiger partial charge in [0.05, 0.1) is 7.11 Å². The maximum atomic E-state index is 5.26. The fourth-order valence-electron chi connectivity index (χ4n) is 2.67. The molecule has 1 fully saturated rings. The molecule has 2 aromatic rings. The van der Waals surface area contributed by atoms with Crippen molar-refractivity contribution in [3.8, 4) is 5.75 Å². The van der Waals surface area contributed by atoms with Gasteiger partial charge in [-0.2, -0.15) is 11.8 Å². The van der Waals surface area contributed by atoms with Gasteiger partial charge < -0.3 is 10.1 Å². The highest BCUT2D eigenvalue weighted by molar-refractivity contribution is 7.99. The van der Waals surface area contributed by atoms with Crippen LogP contribution >= 0.6 is 11.8 Å². The number of ether oxygens (including phenoxy) is 1. The molecule has 0 radical (unpaired) electrons. The van der Waals surface area contributed by atoms with E-state index in [0.29, 0.717) is 6.04 Å². The fourth-order valence-corrected chi connectivity index (χ4v) is 3.78. The van der Waals surface area contributed by atoms with Crippen molar-refractivity contribution in [1.82, 2.24) is 5.32 Å². The van der Waals surface area contributed by atoms with E-state index in [-0.39, 0.29) is 0 Å². The lowest BCUT2D eigenvalue weighted by Crippen LogP contribution is -2.33. The number of thioether (sulfide) groups is 1. The minimum Gasteiger partial charge on any atom is -0.497 e. The molecule has 1 unspecified atom stereocenters. The van der Waals surface area contributed by atoms with Gasteiger partial charge in [0.25, 0.3) is 0 Å². The molecule has 3 heteroatoms. The second-order valence-electron chi connectivity index (χ2n) is 5.34. The van der Waals surface area contributed by atoms with Crippen LogP contribution in [0.25, 0.3) is 10.8 Å². The molecular formula is C17H21NOS. The van der Waals surface area contributed by atoms with Crippen LogP contribution in [-0.4, -0.2) is 24.7 Å². The normalized spacial score (nSPS) is 19.1. The predicted octanol–water partition coefficient (Wildman–Crippen LogP) is 3.83. The zero-order chi connectivity index (χ0) is 13.8. The zero-order valence-electron chi connectivity index (χ0n) is 11.9. The van der Waals surface area contributed by atoms with Gasteiger partial charge in [-0.3, -0.25) is 0 Å². The average molecular weight is 287 g/mol. The summed E-state index contributed by atoms with van der Waals surface area (Å²) in [6.45, 7) is 0.965. The van der Waals surface area contributed by atoms with Gasteiger partial charge in [0, 0.05) is 18.3 Å². The van der Waals surface area contributed by atoms with E-state index in [2.05, 4.69) is 47.4 Å². The quantitative estimate of drug-likeness (QED) is 0.923. The van der Waals surface area contributed by atoms with Gasteiger partial charge in [-0.15, -0.1) is 0 Å². The maximum Gasteiger partial charge on any atom is 0.119 e. The molecule has 0 aromatic heterocycles. The molecule has 1 aliphatic rings. The van der Waals surface area contributed by atoms with Gasteiger partial charge in [-0.05, 0) is 53.1 Å². The molecular weight excluding hydrogens is 266 g/mol. The Bertz CT molecular complexity index is 578. The van der Waals surface area contributed by atoms with Gasteiger partial charge >= 0.3 is 0 Å². The number of fused-ring (bicyclic) bond motifs is 1. The molecule has 2 aromatic carbocycles. The van der Waals surface area contributed by atoms with Crippen molar-refractivity contribution in [2.24, 2.45) is 0 Å². The highest BCUT2D eigenvalue weighted by atomic mass is 32.2. The van der Waals surface area contributed by atoms with Crippen molar-refractivity contribution in [1.29, 1.82) is 0 Å². The number of benzene rings is 2. The molecule has 1 aliphatic heterocycles. The van der Waals surface area contributed by atoms with Crippen LogP contribution in [0.5, 0.6) is 5.75 Å². The second-order valence-corrected chi connectivity index (χ2v) is 6.49. The third kappa shape index (κ3) is 3.28. The molecule has 0 saturated carbocycles. The highest BCUT2D eigenvalue weighted by Gasteiger charge is 2.12. The van der Waals surface area contributed by atoms with Gasteiger partial charge in [0.1, 0.15) is 5.75 Å². The summed E-state index contributed by atoms with van der Waals surface area (Å²) in [5, 5.41) is 6.20. The smallest absolute Gasteiger partial charge is 0.119 e. The van der Waals surface area contributed by atoms with E-state index in [0.717, 1.165) is 12.3 Å². The van der Waals surface area contributed by atoms with Crippen LogP contribution in [0.3, 0.4) is 0 Å². The molecule has 3 rings (SSSR count). The van der Waals surface area contributed by atoms with Crippen molar-refractivity contribution in [2.45, 2.75) is 25.4 Å². The summed E-state index contributed by atoms with van der Waals surface area (Å²) in [5.74, 6) is 3.50. The van der Waals surface area contributed by atoms with Crippen LogP contribution in [0.15, 0.2) is 36.4 Å². The summed E-state index contributed by atoms with van der Waals surface area (Å²) in [4.78, 5) is 0. The average Bonchev–Trinajstić information content (AvgIpc) is 2.53. The Kier molecular flexibility index (Phi) is 4.48.